The number of hydrogen-bond donors (Lipinski definition) is 0. The van der Waals surface area contributed by atoms with E-state index in [1.54, 1.807) is 7.11 Å². The van der Waals surface area contributed by atoms with E-state index in [-0.39, 0.29) is 11.8 Å². The molecule has 2 aromatic carbocycles. The minimum atomic E-state index is -0.255. The van der Waals surface area contributed by atoms with Gasteiger partial charge in [-0.05, 0) is 49.2 Å². The van der Waals surface area contributed by atoms with Gasteiger partial charge in [-0.3, -0.25) is 9.47 Å². The zero-order valence-corrected chi connectivity index (χ0v) is 14.4. The highest BCUT2D eigenvalue weighted by atomic mass is 16.5. The number of hydrogen-bond acceptors (Lipinski definition) is 4. The Morgan fingerprint density at radius 2 is 2.08 bits per heavy atom. The van der Waals surface area contributed by atoms with E-state index in [2.05, 4.69) is 17.0 Å². The molecule has 1 aliphatic rings. The molecule has 0 radical (unpaired) electrons. The van der Waals surface area contributed by atoms with Gasteiger partial charge in [0.05, 0.1) is 18.7 Å². The van der Waals surface area contributed by atoms with Gasteiger partial charge in [0.25, 0.3) is 0 Å². The third-order valence-corrected chi connectivity index (χ3v) is 4.90. The fourth-order valence-corrected chi connectivity index (χ4v) is 3.74. The van der Waals surface area contributed by atoms with E-state index in [9.17, 15) is 4.79 Å². The zero-order valence-electron chi connectivity index (χ0n) is 14.4. The maximum Gasteiger partial charge on any atom is 0.420 e. The lowest BCUT2D eigenvalue weighted by Gasteiger charge is -2.33. The van der Waals surface area contributed by atoms with Crippen LogP contribution in [0.15, 0.2) is 57.7 Å². The SMILES string of the molecule is COc1cccc(CN2CCCC(n3c(=O)oc4ccccc43)C2)c1. The van der Waals surface area contributed by atoms with E-state index in [4.69, 9.17) is 9.15 Å². The molecule has 1 aromatic heterocycles. The first-order valence-electron chi connectivity index (χ1n) is 8.70. The first-order chi connectivity index (χ1) is 12.2. The van der Waals surface area contributed by atoms with E-state index in [0.29, 0.717) is 5.58 Å². The molecule has 25 heavy (non-hydrogen) atoms. The lowest BCUT2D eigenvalue weighted by Crippen LogP contribution is -2.38. The molecular weight excluding hydrogens is 316 g/mol. The summed E-state index contributed by atoms with van der Waals surface area (Å²) in [4.78, 5) is 14.7. The highest BCUT2D eigenvalue weighted by molar-refractivity contribution is 5.72. The summed E-state index contributed by atoms with van der Waals surface area (Å²) in [6.45, 7) is 2.75. The summed E-state index contributed by atoms with van der Waals surface area (Å²) < 4.78 is 12.5. The van der Waals surface area contributed by atoms with Crippen LogP contribution in [-0.2, 0) is 6.54 Å². The van der Waals surface area contributed by atoms with Crippen molar-refractivity contribution in [1.29, 1.82) is 0 Å². The molecule has 0 N–H and O–H groups in total. The van der Waals surface area contributed by atoms with Crippen LogP contribution >= 0.6 is 0 Å². The number of likely N-dealkylation sites (tertiary alicyclic amines) is 1. The summed E-state index contributed by atoms with van der Waals surface area (Å²) >= 11 is 0. The largest absolute Gasteiger partial charge is 0.497 e. The van der Waals surface area contributed by atoms with Gasteiger partial charge < -0.3 is 9.15 Å². The average molecular weight is 338 g/mol. The van der Waals surface area contributed by atoms with Gasteiger partial charge in [-0.1, -0.05) is 24.3 Å². The fourth-order valence-electron chi connectivity index (χ4n) is 3.74. The number of aromatic nitrogens is 1. The number of oxazole rings is 1. The van der Waals surface area contributed by atoms with Crippen molar-refractivity contribution in [1.82, 2.24) is 9.47 Å². The Bertz CT molecular complexity index is 928. The van der Waals surface area contributed by atoms with Gasteiger partial charge in [-0.15, -0.1) is 0 Å². The number of ether oxygens (including phenoxy) is 1. The second-order valence-electron chi connectivity index (χ2n) is 6.59. The second-order valence-corrected chi connectivity index (χ2v) is 6.59. The molecule has 1 fully saturated rings. The van der Waals surface area contributed by atoms with Crippen LogP contribution in [0.3, 0.4) is 0 Å². The van der Waals surface area contributed by atoms with E-state index in [1.807, 2.05) is 41.0 Å². The molecule has 5 nitrogen and oxygen atoms in total. The summed E-state index contributed by atoms with van der Waals surface area (Å²) in [6.07, 6.45) is 2.07. The Balaban J connectivity index is 1.56. The van der Waals surface area contributed by atoms with Gasteiger partial charge in [0.1, 0.15) is 5.75 Å². The van der Waals surface area contributed by atoms with E-state index < -0.39 is 0 Å². The number of rotatable bonds is 4. The lowest BCUT2D eigenvalue weighted by atomic mass is 10.0. The molecule has 0 aliphatic carbocycles. The summed E-state index contributed by atoms with van der Waals surface area (Å²) in [5.74, 6) is 0.623. The van der Waals surface area contributed by atoms with Crippen molar-refractivity contribution in [3.63, 3.8) is 0 Å². The van der Waals surface area contributed by atoms with Gasteiger partial charge in [0.2, 0.25) is 0 Å². The second kappa shape index (κ2) is 6.76. The number of nitrogens with zero attached hydrogens (tertiary/aromatic N) is 2. The van der Waals surface area contributed by atoms with Gasteiger partial charge in [0, 0.05) is 13.1 Å². The minimum Gasteiger partial charge on any atom is -0.497 e. The molecule has 0 bridgehead atoms. The molecule has 1 aliphatic heterocycles. The summed E-state index contributed by atoms with van der Waals surface area (Å²) in [5.41, 5.74) is 2.78. The summed E-state index contributed by atoms with van der Waals surface area (Å²) in [5, 5.41) is 0. The lowest BCUT2D eigenvalue weighted by molar-refractivity contribution is 0.167. The van der Waals surface area contributed by atoms with E-state index >= 15 is 0 Å². The molecule has 1 unspecified atom stereocenters. The summed E-state index contributed by atoms with van der Waals surface area (Å²) in [7, 11) is 1.69. The molecule has 0 saturated carbocycles. The standard InChI is InChI=1S/C20H22N2O3/c1-24-17-8-4-6-15(12-17)13-21-11-5-7-16(14-21)22-18-9-2-3-10-19(18)25-20(22)23/h2-4,6,8-10,12,16H,5,7,11,13-14H2,1H3. The van der Waals surface area contributed by atoms with E-state index in [1.165, 1.54) is 5.56 Å². The van der Waals surface area contributed by atoms with Crippen LogP contribution in [0, 0.1) is 0 Å². The number of benzene rings is 2. The van der Waals surface area contributed by atoms with Crippen molar-refractivity contribution in [2.45, 2.75) is 25.4 Å². The van der Waals surface area contributed by atoms with Gasteiger partial charge in [-0.2, -0.15) is 0 Å². The Hall–Kier alpha value is -2.53. The number of fused-ring (bicyclic) bond motifs is 1. The predicted molar refractivity (Wildman–Crippen MR) is 97.0 cm³/mol. The van der Waals surface area contributed by atoms with E-state index in [0.717, 1.165) is 43.7 Å². The maximum absolute atomic E-state index is 12.3. The molecule has 130 valence electrons. The third kappa shape index (κ3) is 3.20. The van der Waals surface area contributed by atoms with Gasteiger partial charge >= 0.3 is 5.76 Å². The van der Waals surface area contributed by atoms with Crippen molar-refractivity contribution < 1.29 is 9.15 Å². The highest BCUT2D eigenvalue weighted by Crippen LogP contribution is 2.26. The number of methoxy groups -OCH3 is 1. The normalized spacial score (nSPS) is 18.5. The Kier molecular flexibility index (Phi) is 4.32. The van der Waals surface area contributed by atoms with Crippen LogP contribution in [0.1, 0.15) is 24.4 Å². The van der Waals surface area contributed by atoms with Crippen LogP contribution in [0.4, 0.5) is 0 Å². The Morgan fingerprint density at radius 3 is 2.96 bits per heavy atom. The Labute approximate surface area is 146 Å². The maximum atomic E-state index is 12.3. The van der Waals surface area contributed by atoms with Crippen molar-refractivity contribution >= 4 is 11.1 Å². The molecule has 2 heterocycles. The topological polar surface area (TPSA) is 47.6 Å². The molecular formula is C20H22N2O3. The van der Waals surface area contributed by atoms with Crippen molar-refractivity contribution in [2.75, 3.05) is 20.2 Å². The van der Waals surface area contributed by atoms with Crippen LogP contribution in [0.5, 0.6) is 5.75 Å². The molecule has 0 spiro atoms. The highest BCUT2D eigenvalue weighted by Gasteiger charge is 2.25. The minimum absolute atomic E-state index is 0.149. The Morgan fingerprint density at radius 1 is 1.20 bits per heavy atom. The van der Waals surface area contributed by atoms with Crippen LogP contribution in [0.2, 0.25) is 0 Å². The average Bonchev–Trinajstić information content (AvgIpc) is 2.98. The molecule has 4 rings (SSSR count). The molecule has 1 atom stereocenters. The first-order valence-corrected chi connectivity index (χ1v) is 8.70. The third-order valence-electron chi connectivity index (χ3n) is 4.90. The summed E-state index contributed by atoms with van der Waals surface area (Å²) in [6, 6.07) is 16.0. The fraction of sp³-hybridized carbons (Fsp3) is 0.350. The van der Waals surface area contributed by atoms with Crippen LogP contribution in [0.25, 0.3) is 11.1 Å². The van der Waals surface area contributed by atoms with Crippen LogP contribution < -0.4 is 10.5 Å². The molecule has 3 aromatic rings. The quantitative estimate of drug-likeness (QED) is 0.731. The predicted octanol–water partition coefficient (Wildman–Crippen LogP) is 3.44. The zero-order chi connectivity index (χ0) is 17.2. The number of para-hydroxylation sites is 2. The monoisotopic (exact) mass is 338 g/mol. The molecule has 5 heteroatoms. The molecule has 0 amide bonds. The van der Waals surface area contributed by atoms with Crippen LogP contribution in [-0.4, -0.2) is 29.7 Å². The number of piperidine rings is 1. The van der Waals surface area contributed by atoms with Gasteiger partial charge in [-0.25, -0.2) is 4.79 Å². The molecule has 1 saturated heterocycles. The smallest absolute Gasteiger partial charge is 0.420 e. The van der Waals surface area contributed by atoms with Gasteiger partial charge in [0.15, 0.2) is 5.58 Å². The first kappa shape index (κ1) is 16.0. The van der Waals surface area contributed by atoms with Crippen molar-refractivity contribution in [3.05, 3.63) is 64.6 Å². The van der Waals surface area contributed by atoms with Crippen molar-refractivity contribution in [2.24, 2.45) is 0 Å². The van der Waals surface area contributed by atoms with Crippen molar-refractivity contribution in [3.8, 4) is 5.75 Å².